The van der Waals surface area contributed by atoms with Crippen molar-refractivity contribution in [3.63, 3.8) is 0 Å². The molecule has 0 bridgehead atoms. The van der Waals surface area contributed by atoms with Crippen LogP contribution in [-0.2, 0) is 0 Å². The van der Waals surface area contributed by atoms with E-state index in [0.29, 0.717) is 4.88 Å². The fraction of sp³-hybridized carbons (Fsp3) is 0.100. The van der Waals surface area contributed by atoms with Crippen molar-refractivity contribution in [3.8, 4) is 0 Å². The molecule has 2 aromatic rings. The second-order valence-corrected chi connectivity index (χ2v) is 4.62. The van der Waals surface area contributed by atoms with Crippen molar-refractivity contribution in [1.29, 1.82) is 0 Å². The maximum Gasteiger partial charge on any atom is 0.353 e. The van der Waals surface area contributed by atoms with Crippen LogP contribution in [0.25, 0.3) is 0 Å². The molecule has 1 amide bonds. The number of H-pyrrole nitrogens is 1. The largest absolute Gasteiger partial charge is 0.477 e. The van der Waals surface area contributed by atoms with Gasteiger partial charge in [0.1, 0.15) is 5.69 Å². The summed E-state index contributed by atoms with van der Waals surface area (Å²) in [4.78, 5) is 23.9. The molecule has 0 aromatic carbocycles. The van der Waals surface area contributed by atoms with Crippen LogP contribution in [0.3, 0.4) is 0 Å². The number of carbonyl (C=O) groups is 2. The quantitative estimate of drug-likeness (QED) is 0.774. The van der Waals surface area contributed by atoms with Crippen molar-refractivity contribution in [1.82, 2.24) is 10.2 Å². The SMILES string of the molecule is Cc1ccc(C(=O)Nc2cc(C(=O)O)[nH]n2)s1. The summed E-state index contributed by atoms with van der Waals surface area (Å²) < 4.78 is 0. The summed E-state index contributed by atoms with van der Waals surface area (Å²) in [6, 6.07) is 4.81. The van der Waals surface area contributed by atoms with Crippen molar-refractivity contribution in [3.05, 3.63) is 33.6 Å². The Balaban J connectivity index is 2.10. The Kier molecular flexibility index (Phi) is 2.92. The molecule has 88 valence electrons. The van der Waals surface area contributed by atoms with Crippen molar-refractivity contribution in [2.45, 2.75) is 6.92 Å². The van der Waals surface area contributed by atoms with E-state index in [0.717, 1.165) is 4.88 Å². The average Bonchev–Trinajstić information content (AvgIpc) is 2.86. The number of carbonyl (C=O) groups excluding carboxylic acids is 1. The maximum atomic E-state index is 11.7. The predicted molar refractivity (Wildman–Crippen MR) is 62.6 cm³/mol. The lowest BCUT2D eigenvalue weighted by molar-refractivity contribution is 0.0690. The third-order valence-corrected chi connectivity index (χ3v) is 3.01. The first kappa shape index (κ1) is 11.3. The van der Waals surface area contributed by atoms with E-state index in [1.807, 2.05) is 13.0 Å². The van der Waals surface area contributed by atoms with Crippen molar-refractivity contribution in [2.75, 3.05) is 5.32 Å². The molecule has 0 atom stereocenters. The molecule has 2 aromatic heterocycles. The monoisotopic (exact) mass is 251 g/mol. The highest BCUT2D eigenvalue weighted by Gasteiger charge is 2.12. The molecule has 0 aliphatic carbocycles. The van der Waals surface area contributed by atoms with Gasteiger partial charge in [0.05, 0.1) is 4.88 Å². The highest BCUT2D eigenvalue weighted by atomic mass is 32.1. The van der Waals surface area contributed by atoms with Gasteiger partial charge in [-0.1, -0.05) is 0 Å². The van der Waals surface area contributed by atoms with Crippen LogP contribution in [0.4, 0.5) is 5.82 Å². The van der Waals surface area contributed by atoms with Gasteiger partial charge in [0.2, 0.25) is 0 Å². The fourth-order valence-corrected chi connectivity index (χ4v) is 1.99. The molecule has 0 fully saturated rings. The molecule has 0 saturated heterocycles. The summed E-state index contributed by atoms with van der Waals surface area (Å²) in [6.45, 7) is 1.90. The number of nitrogens with one attached hydrogen (secondary N) is 2. The smallest absolute Gasteiger partial charge is 0.353 e. The number of hydrogen-bond donors (Lipinski definition) is 3. The van der Waals surface area contributed by atoms with Gasteiger partial charge in [-0.15, -0.1) is 11.3 Å². The number of carboxylic acids is 1. The van der Waals surface area contributed by atoms with Gasteiger partial charge in [0.15, 0.2) is 5.82 Å². The van der Waals surface area contributed by atoms with E-state index in [1.165, 1.54) is 17.4 Å². The third kappa shape index (κ3) is 2.51. The Morgan fingerprint density at radius 2 is 2.24 bits per heavy atom. The summed E-state index contributed by atoms with van der Waals surface area (Å²) >= 11 is 1.36. The number of carboxylic acid groups (broad SMARTS) is 1. The van der Waals surface area contributed by atoms with Gasteiger partial charge >= 0.3 is 5.97 Å². The summed E-state index contributed by atoms with van der Waals surface area (Å²) in [7, 11) is 0. The molecule has 0 spiro atoms. The molecule has 2 heterocycles. The van der Waals surface area contributed by atoms with E-state index < -0.39 is 5.97 Å². The Hall–Kier alpha value is -2.15. The molecule has 2 rings (SSSR count). The van der Waals surface area contributed by atoms with E-state index in [2.05, 4.69) is 15.5 Å². The second kappa shape index (κ2) is 4.38. The lowest BCUT2D eigenvalue weighted by Gasteiger charge is -1.97. The van der Waals surface area contributed by atoms with Gasteiger partial charge in [-0.05, 0) is 19.1 Å². The number of rotatable bonds is 3. The van der Waals surface area contributed by atoms with Gasteiger partial charge in [-0.2, -0.15) is 5.10 Å². The van der Waals surface area contributed by atoms with Gasteiger partial charge < -0.3 is 10.4 Å². The minimum atomic E-state index is -1.12. The molecule has 7 heteroatoms. The van der Waals surface area contributed by atoms with Gasteiger partial charge in [-0.25, -0.2) is 4.79 Å². The summed E-state index contributed by atoms with van der Waals surface area (Å²) in [5.74, 6) is -1.23. The van der Waals surface area contributed by atoms with Gasteiger partial charge in [0, 0.05) is 10.9 Å². The summed E-state index contributed by atoms with van der Waals surface area (Å²) in [5, 5.41) is 17.2. The lowest BCUT2D eigenvalue weighted by Crippen LogP contribution is -2.10. The molecule has 6 nitrogen and oxygen atoms in total. The van der Waals surface area contributed by atoms with Crippen LogP contribution < -0.4 is 5.32 Å². The van der Waals surface area contributed by atoms with Crippen LogP contribution in [-0.4, -0.2) is 27.2 Å². The van der Waals surface area contributed by atoms with Crippen LogP contribution in [0.2, 0.25) is 0 Å². The van der Waals surface area contributed by atoms with Crippen molar-refractivity contribution >= 4 is 29.0 Å². The minimum Gasteiger partial charge on any atom is -0.477 e. The number of amides is 1. The van der Waals surface area contributed by atoms with Crippen LogP contribution >= 0.6 is 11.3 Å². The first-order valence-corrected chi connectivity index (χ1v) is 5.54. The Morgan fingerprint density at radius 1 is 1.47 bits per heavy atom. The predicted octanol–water partition coefficient (Wildman–Crippen LogP) is 1.73. The number of nitrogens with zero attached hydrogens (tertiary/aromatic N) is 1. The molecule has 0 aliphatic rings. The van der Waals surface area contributed by atoms with Crippen molar-refractivity contribution < 1.29 is 14.7 Å². The van der Waals surface area contributed by atoms with Crippen LogP contribution in [0.5, 0.6) is 0 Å². The third-order valence-electron chi connectivity index (χ3n) is 2.01. The normalized spacial score (nSPS) is 10.2. The highest BCUT2D eigenvalue weighted by molar-refractivity contribution is 7.14. The number of thiophene rings is 1. The highest BCUT2D eigenvalue weighted by Crippen LogP contribution is 2.16. The van der Waals surface area contributed by atoms with Gasteiger partial charge in [0.25, 0.3) is 5.91 Å². The second-order valence-electron chi connectivity index (χ2n) is 3.34. The van der Waals surface area contributed by atoms with E-state index in [4.69, 9.17) is 5.11 Å². The minimum absolute atomic E-state index is 0.0670. The molecule has 17 heavy (non-hydrogen) atoms. The van der Waals surface area contributed by atoms with Crippen molar-refractivity contribution in [2.24, 2.45) is 0 Å². The molecule has 0 radical (unpaired) electrons. The molecule has 0 unspecified atom stereocenters. The zero-order valence-corrected chi connectivity index (χ0v) is 9.67. The number of hydrogen-bond acceptors (Lipinski definition) is 4. The molecule has 0 saturated carbocycles. The molecule has 3 N–H and O–H groups in total. The number of aromatic carboxylic acids is 1. The zero-order chi connectivity index (χ0) is 12.4. The number of anilines is 1. The van der Waals surface area contributed by atoms with Gasteiger partial charge in [-0.3, -0.25) is 9.89 Å². The Labute approximate surface area is 100 Å². The van der Waals surface area contributed by atoms with E-state index >= 15 is 0 Å². The summed E-state index contributed by atoms with van der Waals surface area (Å²) in [5.41, 5.74) is -0.0670. The lowest BCUT2D eigenvalue weighted by atomic mass is 10.4. The first-order valence-electron chi connectivity index (χ1n) is 4.73. The Bertz CT molecular complexity index is 573. The molecular formula is C10H9N3O3S. The number of aromatic nitrogens is 2. The van der Waals surface area contributed by atoms with Crippen LogP contribution in [0.1, 0.15) is 25.0 Å². The number of aromatic amines is 1. The standard InChI is InChI=1S/C10H9N3O3S/c1-5-2-3-7(17-5)9(14)11-8-4-6(10(15)16)12-13-8/h2-4H,1H3,(H,15,16)(H2,11,12,13,14). The molecular weight excluding hydrogens is 242 g/mol. The topological polar surface area (TPSA) is 95.1 Å². The number of aryl methyl sites for hydroxylation is 1. The van der Waals surface area contributed by atoms with E-state index in [1.54, 1.807) is 6.07 Å². The fourth-order valence-electron chi connectivity index (χ4n) is 1.23. The first-order chi connectivity index (χ1) is 8.06. The maximum absolute atomic E-state index is 11.7. The Morgan fingerprint density at radius 3 is 2.76 bits per heavy atom. The summed E-state index contributed by atoms with van der Waals surface area (Å²) in [6.07, 6.45) is 0. The molecule has 0 aliphatic heterocycles. The van der Waals surface area contributed by atoms with E-state index in [-0.39, 0.29) is 17.4 Å². The van der Waals surface area contributed by atoms with E-state index in [9.17, 15) is 9.59 Å². The van der Waals surface area contributed by atoms with Crippen LogP contribution in [0.15, 0.2) is 18.2 Å². The average molecular weight is 251 g/mol. The van der Waals surface area contributed by atoms with Crippen LogP contribution in [0, 0.1) is 6.92 Å². The zero-order valence-electron chi connectivity index (χ0n) is 8.85.